The molecule has 0 aliphatic rings. The molecule has 0 fully saturated rings. The average Bonchev–Trinajstić information content (AvgIpc) is 2.77. The number of nitrogens with one attached hydrogen (secondary N) is 2. The lowest BCUT2D eigenvalue weighted by Crippen LogP contribution is -2.10. The molecule has 0 bridgehead atoms. The largest absolute Gasteiger partial charge is 0.314 e. The van der Waals surface area contributed by atoms with Gasteiger partial charge in [0.25, 0.3) is 0 Å². The standard InChI is InChI=1S/C15H21N3/c1-15(2,3)12-7-5-11(6-8-12)13-9-17-18-14(13)10-16-4/h5-9,16H,10H2,1-4H3,(H,17,18). The third-order valence-corrected chi connectivity index (χ3v) is 3.13. The molecule has 1 aromatic heterocycles. The highest BCUT2D eigenvalue weighted by atomic mass is 15.1. The maximum absolute atomic E-state index is 4.12. The van der Waals surface area contributed by atoms with Crippen LogP contribution in [0.2, 0.25) is 0 Å². The van der Waals surface area contributed by atoms with Crippen LogP contribution in [0.15, 0.2) is 30.5 Å². The smallest absolute Gasteiger partial charge is 0.0569 e. The molecular formula is C15H21N3. The second-order valence-electron chi connectivity index (χ2n) is 5.62. The topological polar surface area (TPSA) is 40.7 Å². The van der Waals surface area contributed by atoms with Crippen molar-refractivity contribution in [2.45, 2.75) is 32.7 Å². The van der Waals surface area contributed by atoms with Crippen molar-refractivity contribution in [3.63, 3.8) is 0 Å². The van der Waals surface area contributed by atoms with Gasteiger partial charge in [0.15, 0.2) is 0 Å². The summed E-state index contributed by atoms with van der Waals surface area (Å²) in [5.41, 5.74) is 5.06. The normalized spacial score (nSPS) is 11.8. The summed E-state index contributed by atoms with van der Waals surface area (Å²) in [4.78, 5) is 0. The first-order valence-corrected chi connectivity index (χ1v) is 6.30. The molecule has 0 unspecified atom stereocenters. The quantitative estimate of drug-likeness (QED) is 0.869. The van der Waals surface area contributed by atoms with Crippen LogP contribution in [0.5, 0.6) is 0 Å². The van der Waals surface area contributed by atoms with E-state index in [1.165, 1.54) is 16.7 Å². The SMILES string of the molecule is CNCc1[nH]ncc1-c1ccc(C(C)(C)C)cc1. The molecule has 0 aliphatic carbocycles. The number of aromatic nitrogens is 2. The van der Waals surface area contributed by atoms with Gasteiger partial charge in [0.2, 0.25) is 0 Å². The third-order valence-electron chi connectivity index (χ3n) is 3.13. The lowest BCUT2D eigenvalue weighted by Gasteiger charge is -2.19. The van der Waals surface area contributed by atoms with Gasteiger partial charge >= 0.3 is 0 Å². The van der Waals surface area contributed by atoms with Crippen molar-refractivity contribution in [2.75, 3.05) is 7.05 Å². The fourth-order valence-electron chi connectivity index (χ4n) is 2.02. The number of rotatable bonds is 3. The van der Waals surface area contributed by atoms with Crippen molar-refractivity contribution >= 4 is 0 Å². The summed E-state index contributed by atoms with van der Waals surface area (Å²) in [6.45, 7) is 7.49. The van der Waals surface area contributed by atoms with Crippen LogP contribution < -0.4 is 5.32 Å². The molecule has 3 heteroatoms. The summed E-state index contributed by atoms with van der Waals surface area (Å²) < 4.78 is 0. The Labute approximate surface area is 109 Å². The minimum absolute atomic E-state index is 0.197. The maximum Gasteiger partial charge on any atom is 0.0569 e. The van der Waals surface area contributed by atoms with Gasteiger partial charge in [-0.25, -0.2) is 0 Å². The van der Waals surface area contributed by atoms with Crippen LogP contribution in [-0.4, -0.2) is 17.2 Å². The van der Waals surface area contributed by atoms with Gasteiger partial charge in [-0.3, -0.25) is 5.10 Å². The number of benzene rings is 1. The second kappa shape index (κ2) is 4.94. The van der Waals surface area contributed by atoms with Gasteiger partial charge in [-0.2, -0.15) is 5.10 Å². The molecule has 0 amide bonds. The van der Waals surface area contributed by atoms with Crippen LogP contribution in [0.3, 0.4) is 0 Å². The number of nitrogens with zero attached hydrogens (tertiary/aromatic N) is 1. The highest BCUT2D eigenvalue weighted by Gasteiger charge is 2.14. The number of H-pyrrole nitrogens is 1. The van der Waals surface area contributed by atoms with Crippen molar-refractivity contribution in [1.29, 1.82) is 0 Å². The highest BCUT2D eigenvalue weighted by Crippen LogP contribution is 2.27. The molecule has 0 spiro atoms. The molecule has 0 saturated carbocycles. The van der Waals surface area contributed by atoms with E-state index >= 15 is 0 Å². The van der Waals surface area contributed by atoms with E-state index in [1.807, 2.05) is 13.2 Å². The predicted octanol–water partition coefficient (Wildman–Crippen LogP) is 3.09. The molecule has 18 heavy (non-hydrogen) atoms. The van der Waals surface area contributed by atoms with Crippen molar-refractivity contribution in [2.24, 2.45) is 0 Å². The Hall–Kier alpha value is -1.61. The number of aromatic amines is 1. The summed E-state index contributed by atoms with van der Waals surface area (Å²) in [5, 5.41) is 10.3. The summed E-state index contributed by atoms with van der Waals surface area (Å²) in [7, 11) is 1.94. The molecule has 0 aliphatic heterocycles. The van der Waals surface area contributed by atoms with Crippen molar-refractivity contribution < 1.29 is 0 Å². The second-order valence-corrected chi connectivity index (χ2v) is 5.62. The molecule has 0 saturated heterocycles. The Balaban J connectivity index is 2.32. The van der Waals surface area contributed by atoms with E-state index in [2.05, 4.69) is 60.6 Å². The molecular weight excluding hydrogens is 222 g/mol. The lowest BCUT2D eigenvalue weighted by atomic mass is 9.86. The van der Waals surface area contributed by atoms with Gasteiger partial charge in [0.05, 0.1) is 11.9 Å². The molecule has 2 rings (SSSR count). The maximum atomic E-state index is 4.12. The van der Waals surface area contributed by atoms with E-state index in [0.717, 1.165) is 12.2 Å². The average molecular weight is 243 g/mol. The van der Waals surface area contributed by atoms with Gasteiger partial charge in [0.1, 0.15) is 0 Å². The van der Waals surface area contributed by atoms with Gasteiger partial charge in [-0.15, -0.1) is 0 Å². The Morgan fingerprint density at radius 3 is 2.39 bits per heavy atom. The van der Waals surface area contributed by atoms with E-state index in [9.17, 15) is 0 Å². The minimum atomic E-state index is 0.197. The van der Waals surface area contributed by atoms with Crippen LogP contribution in [0.1, 0.15) is 32.0 Å². The minimum Gasteiger partial charge on any atom is -0.314 e. The van der Waals surface area contributed by atoms with Gasteiger partial charge < -0.3 is 5.32 Å². The highest BCUT2D eigenvalue weighted by molar-refractivity contribution is 5.65. The molecule has 0 atom stereocenters. The summed E-state index contributed by atoms with van der Waals surface area (Å²) in [5.74, 6) is 0. The van der Waals surface area contributed by atoms with Gasteiger partial charge in [-0.05, 0) is 23.6 Å². The van der Waals surface area contributed by atoms with Crippen LogP contribution >= 0.6 is 0 Å². The molecule has 3 nitrogen and oxygen atoms in total. The summed E-state index contributed by atoms with van der Waals surface area (Å²) in [6, 6.07) is 8.74. The molecule has 1 aromatic carbocycles. The van der Waals surface area contributed by atoms with E-state index in [-0.39, 0.29) is 5.41 Å². The molecule has 0 radical (unpaired) electrons. The first-order valence-electron chi connectivity index (χ1n) is 6.30. The van der Waals surface area contributed by atoms with Crippen molar-refractivity contribution in [1.82, 2.24) is 15.5 Å². The lowest BCUT2D eigenvalue weighted by molar-refractivity contribution is 0.590. The predicted molar refractivity (Wildman–Crippen MR) is 75.5 cm³/mol. The van der Waals surface area contributed by atoms with E-state index in [1.54, 1.807) is 0 Å². The fraction of sp³-hybridized carbons (Fsp3) is 0.400. The monoisotopic (exact) mass is 243 g/mol. The number of hydrogen-bond acceptors (Lipinski definition) is 2. The first-order chi connectivity index (χ1) is 8.52. The van der Waals surface area contributed by atoms with E-state index in [0.29, 0.717) is 0 Å². The zero-order valence-electron chi connectivity index (χ0n) is 11.5. The van der Waals surface area contributed by atoms with Gasteiger partial charge in [-0.1, -0.05) is 45.0 Å². The van der Waals surface area contributed by atoms with Crippen molar-refractivity contribution in [3.8, 4) is 11.1 Å². The molecule has 1 heterocycles. The Kier molecular flexibility index (Phi) is 3.53. The van der Waals surface area contributed by atoms with Crippen LogP contribution in [-0.2, 0) is 12.0 Å². The fourth-order valence-corrected chi connectivity index (χ4v) is 2.02. The molecule has 2 aromatic rings. The zero-order valence-corrected chi connectivity index (χ0v) is 11.5. The van der Waals surface area contributed by atoms with Crippen LogP contribution in [0.4, 0.5) is 0 Å². The number of hydrogen-bond donors (Lipinski definition) is 2. The zero-order chi connectivity index (χ0) is 13.2. The Morgan fingerprint density at radius 2 is 1.83 bits per heavy atom. The van der Waals surface area contributed by atoms with E-state index < -0.39 is 0 Å². The van der Waals surface area contributed by atoms with E-state index in [4.69, 9.17) is 0 Å². The first kappa shape index (κ1) is 12.8. The molecule has 96 valence electrons. The van der Waals surface area contributed by atoms with Crippen LogP contribution in [0.25, 0.3) is 11.1 Å². The Bertz CT molecular complexity index is 503. The van der Waals surface area contributed by atoms with Crippen molar-refractivity contribution in [3.05, 3.63) is 41.7 Å². The summed E-state index contributed by atoms with van der Waals surface area (Å²) in [6.07, 6.45) is 1.89. The molecule has 2 N–H and O–H groups in total. The van der Waals surface area contributed by atoms with Crippen LogP contribution in [0, 0.1) is 0 Å². The third kappa shape index (κ3) is 2.62. The summed E-state index contributed by atoms with van der Waals surface area (Å²) >= 11 is 0. The Morgan fingerprint density at radius 1 is 1.17 bits per heavy atom. The van der Waals surface area contributed by atoms with Gasteiger partial charge in [0, 0.05) is 12.1 Å².